The summed E-state index contributed by atoms with van der Waals surface area (Å²) in [6, 6.07) is 8.48. The van der Waals surface area contributed by atoms with Gasteiger partial charge in [-0.15, -0.1) is 11.8 Å². The van der Waals surface area contributed by atoms with Crippen molar-refractivity contribution in [2.24, 2.45) is 4.99 Å². The minimum atomic E-state index is -4.68. The van der Waals surface area contributed by atoms with Gasteiger partial charge in [0.15, 0.2) is 17.5 Å². The molecule has 0 aliphatic rings. The van der Waals surface area contributed by atoms with Gasteiger partial charge in [0.25, 0.3) is 0 Å². The first-order valence-corrected chi connectivity index (χ1v) is 41.8. The molecule has 5 aromatic rings. The molecule has 2 amide bonds. The maximum absolute atomic E-state index is 13.4. The van der Waals surface area contributed by atoms with Gasteiger partial charge in [-0.2, -0.15) is 26.3 Å². The first kappa shape index (κ1) is 84.3. The van der Waals surface area contributed by atoms with E-state index in [4.69, 9.17) is 42.3 Å². The van der Waals surface area contributed by atoms with E-state index >= 15 is 0 Å². The number of hydrogen-bond acceptors (Lipinski definition) is 20. The number of aliphatic imine (C=N–C) groups is 1. The number of aromatic nitrogens is 3. The second kappa shape index (κ2) is 37.4. The standard InChI is InChI=1S/C28H34F3N3O7.C17H17F3N2O3S.C13H25NO5.CH4.3HI.V/c1-9-38-24(35)21-22(17(14-39-26(2,3)4)32-25(36)41-27(5,6)7)40-23(34-21)16-10-12-18(37-8)20-15(16)11-13-19(33-20)28(29,30)31;1-4-25-14(23)9-21-16(26-3)11-5-7-12(24-2)15-10(11)6-8-13(22-15)17(18,19)20;1-12(2,3)18-8-9(10(15)17-7)14-11(16)19-13(4,5)6;;;;;/h10-13,17H,9,14H2,1-8H3,(H,32,36);5-8H,4,9H2,1-3H3;9H,8H2,1-7H3,(H,14,16);1H4;3*1H;/q;;;;;;;+3/p-3/t17-;;9-;;;;;/m1.0...../s1. The van der Waals surface area contributed by atoms with E-state index in [1.165, 1.54) is 63.4 Å². The molecular formula is C59H80F6I3N6O15SV. The van der Waals surface area contributed by atoms with Crippen LogP contribution in [-0.2, 0) is 60.0 Å². The number of carbonyl (C=O) groups is 5. The number of alkyl carbamates (subject to hydrolysis) is 2. The molecular weight excluding hydrogens is 1610 g/mol. The fourth-order valence-electron chi connectivity index (χ4n) is 7.09. The number of thioether (sulfide) groups is 1. The van der Waals surface area contributed by atoms with E-state index in [1.807, 2.05) is 20.8 Å². The van der Waals surface area contributed by atoms with Crippen LogP contribution in [0.4, 0.5) is 35.9 Å². The molecule has 5 rings (SSSR count). The predicted molar refractivity (Wildman–Crippen MR) is 357 cm³/mol. The minimum absolute atomic E-state index is 0. The Morgan fingerprint density at radius 2 is 1.10 bits per heavy atom. The van der Waals surface area contributed by atoms with Crippen LogP contribution < -0.4 is 20.1 Å². The van der Waals surface area contributed by atoms with E-state index < -0.39 is 88.3 Å². The molecule has 0 saturated heterocycles. The third-order valence-electron chi connectivity index (χ3n) is 10.6. The molecule has 3 aromatic heterocycles. The van der Waals surface area contributed by atoms with Crippen molar-refractivity contribution in [3.63, 3.8) is 0 Å². The molecule has 2 N–H and O–H groups in total. The van der Waals surface area contributed by atoms with Gasteiger partial charge in [-0.05, 0) is 152 Å². The Hall–Kier alpha value is -4.69. The summed E-state index contributed by atoms with van der Waals surface area (Å²) in [6.45, 7) is 24.6. The third kappa shape index (κ3) is 30.1. The summed E-state index contributed by atoms with van der Waals surface area (Å²) in [4.78, 5) is 76.1. The van der Waals surface area contributed by atoms with Crippen LogP contribution in [0.2, 0.25) is 0 Å². The first-order chi connectivity index (χ1) is 41.4. The topological polar surface area (TPSA) is 257 Å². The summed E-state index contributed by atoms with van der Waals surface area (Å²) in [6.07, 6.45) is -8.96. The van der Waals surface area contributed by atoms with Crippen molar-refractivity contribution in [2.45, 2.75) is 151 Å². The number of alkyl halides is 6. The SMILES string of the molecule is C.CCOC(=O)CN=C(SC)c1ccc(OC)c2nc(C(F)(F)F)ccc12.CCOC(=O)c1nc(-c2ccc(OC)c3nc(C(F)(F)F)ccc23)oc1[C@@H](COC(C)(C)C)NC(=O)OC(C)(C)C.COC(=O)[C@H](COC(C)(C)C)NC(=O)OC(C)(C)C.[I][V]([I])[I]. The quantitative estimate of drug-likeness (QED) is 0.0219. The summed E-state index contributed by atoms with van der Waals surface area (Å²) >= 11 is 8.66. The van der Waals surface area contributed by atoms with Crippen molar-refractivity contribution in [1.29, 1.82) is 0 Å². The number of esters is 3. The zero-order valence-corrected chi connectivity index (χ0v) is 61.7. The van der Waals surface area contributed by atoms with E-state index in [-0.39, 0.29) is 96.1 Å². The number of nitrogens with one attached hydrogen (secondary N) is 2. The number of carbonyl (C=O) groups excluding carboxylic acids is 5. The zero-order chi connectivity index (χ0) is 68.9. The average molecular weight is 1690 g/mol. The second-order valence-corrected chi connectivity index (χ2v) is 58.5. The molecule has 0 saturated carbocycles. The molecule has 3 heterocycles. The third-order valence-corrected chi connectivity index (χ3v) is 11.4. The first-order valence-electron chi connectivity index (χ1n) is 27.1. The number of rotatable bonds is 17. The van der Waals surface area contributed by atoms with Crippen molar-refractivity contribution < 1.29 is 102 Å². The number of benzene rings is 2. The average Bonchev–Trinajstić information content (AvgIpc) is 1.80. The Bertz CT molecular complexity index is 3240. The zero-order valence-electron chi connectivity index (χ0n) is 53.0. The van der Waals surface area contributed by atoms with Gasteiger partial charge in [-0.3, -0.25) is 9.79 Å². The summed E-state index contributed by atoms with van der Waals surface area (Å²) < 4.78 is 132. The monoisotopic (exact) mass is 1690 g/mol. The predicted octanol–water partition coefficient (Wildman–Crippen LogP) is 15.6. The maximum atomic E-state index is 13.4. The van der Waals surface area contributed by atoms with E-state index in [9.17, 15) is 50.3 Å². The number of nitrogens with zero attached hydrogens (tertiary/aromatic N) is 4. The van der Waals surface area contributed by atoms with Crippen LogP contribution in [0.5, 0.6) is 11.5 Å². The number of hydrogen-bond donors (Lipinski definition) is 2. The molecule has 0 radical (unpaired) electrons. The van der Waals surface area contributed by atoms with Gasteiger partial charge in [0, 0.05) is 21.9 Å². The van der Waals surface area contributed by atoms with Gasteiger partial charge < -0.3 is 57.7 Å². The molecule has 32 heteroatoms. The number of methoxy groups -OCH3 is 3. The Morgan fingerprint density at radius 1 is 0.637 bits per heavy atom. The number of ether oxygens (including phenoxy) is 9. The Labute approximate surface area is 568 Å². The second-order valence-electron chi connectivity index (χ2n) is 22.4. The van der Waals surface area contributed by atoms with E-state index in [0.29, 0.717) is 16.0 Å². The number of halogens is 9. The Balaban J connectivity index is 0.000000710. The van der Waals surface area contributed by atoms with Crippen LogP contribution >= 0.6 is 71.7 Å². The fraction of sp³-hybridized carbons (Fsp3) is 0.542. The molecule has 0 aliphatic carbocycles. The number of fused-ring (bicyclic) bond motifs is 2. The van der Waals surface area contributed by atoms with Crippen LogP contribution in [0.15, 0.2) is 57.9 Å². The van der Waals surface area contributed by atoms with E-state index in [2.05, 4.69) is 95.3 Å². The van der Waals surface area contributed by atoms with E-state index in [1.54, 1.807) is 88.5 Å². The molecule has 2 aromatic carbocycles. The van der Waals surface area contributed by atoms with Gasteiger partial charge in [-0.25, -0.2) is 34.1 Å². The molecule has 0 unspecified atom stereocenters. The molecule has 0 fully saturated rings. The summed E-state index contributed by atoms with van der Waals surface area (Å²) in [5.74, 6) is -1.78. The molecule has 21 nitrogen and oxygen atoms in total. The number of pyridine rings is 2. The molecule has 0 aliphatic heterocycles. The summed E-state index contributed by atoms with van der Waals surface area (Å²) in [7, 11) is 3.92. The molecule has 510 valence electrons. The fourth-order valence-corrected chi connectivity index (χ4v) is 7.69. The molecule has 0 spiro atoms. The van der Waals surface area contributed by atoms with Crippen LogP contribution in [0.3, 0.4) is 0 Å². The van der Waals surface area contributed by atoms with Crippen LogP contribution in [-0.4, -0.2) is 139 Å². The van der Waals surface area contributed by atoms with Gasteiger partial charge in [-0.1, -0.05) is 7.43 Å². The Morgan fingerprint density at radius 3 is 1.54 bits per heavy atom. The molecule has 0 bridgehead atoms. The van der Waals surface area contributed by atoms with Crippen LogP contribution in [0.25, 0.3) is 33.3 Å². The van der Waals surface area contributed by atoms with Crippen molar-refractivity contribution in [3.8, 4) is 23.0 Å². The van der Waals surface area contributed by atoms with E-state index in [0.717, 1.165) is 12.1 Å². The summed E-state index contributed by atoms with van der Waals surface area (Å²) in [5.41, 5.74) is -4.06. The van der Waals surface area contributed by atoms with Gasteiger partial charge in [0.2, 0.25) is 5.89 Å². The molecule has 2 atom stereocenters. The van der Waals surface area contributed by atoms with Crippen molar-refractivity contribution in [2.75, 3.05) is 60.6 Å². The van der Waals surface area contributed by atoms with Crippen LogP contribution in [0.1, 0.15) is 144 Å². The van der Waals surface area contributed by atoms with Crippen molar-refractivity contribution >= 4 is 129 Å². The number of oxazole rings is 1. The Kier molecular flexibility index (Phi) is 34.7. The normalized spacial score (nSPS) is 12.7. The van der Waals surface area contributed by atoms with Crippen molar-refractivity contribution in [3.05, 3.63) is 76.9 Å². The molecule has 91 heavy (non-hydrogen) atoms. The van der Waals surface area contributed by atoms with Crippen molar-refractivity contribution in [1.82, 2.24) is 25.6 Å². The number of amides is 2. The van der Waals surface area contributed by atoms with Gasteiger partial charge in [0.05, 0.1) is 64.0 Å². The van der Waals surface area contributed by atoms with Gasteiger partial charge >= 0.3 is 107 Å². The summed E-state index contributed by atoms with van der Waals surface area (Å²) in [5, 5.41) is 6.27. The van der Waals surface area contributed by atoms with Gasteiger partial charge in [0.1, 0.15) is 57.7 Å². The van der Waals surface area contributed by atoms with Crippen LogP contribution in [0, 0.1) is 0 Å².